The number of azo groups is 1. The Bertz CT molecular complexity index is 1140. The normalized spacial score (nSPS) is 11.4. The van der Waals surface area contributed by atoms with E-state index in [9.17, 15) is 14.0 Å². The molecule has 29 heavy (non-hydrogen) atoms. The maximum absolute atomic E-state index is 13.0. The van der Waals surface area contributed by atoms with Crippen molar-refractivity contribution < 1.29 is 13.6 Å². The van der Waals surface area contributed by atoms with Crippen LogP contribution in [0.3, 0.4) is 0 Å². The van der Waals surface area contributed by atoms with Crippen molar-refractivity contribution in [2.24, 2.45) is 5.11 Å². The lowest BCUT2D eigenvalue weighted by molar-refractivity contribution is -0.435. The Morgan fingerprint density at radius 1 is 0.517 bits per heavy atom. The van der Waals surface area contributed by atoms with Crippen LogP contribution in [0.25, 0.3) is 22.3 Å². The largest absolute Gasteiger partial charge is 0.594 e. The van der Waals surface area contributed by atoms with E-state index in [1.54, 1.807) is 60.7 Å². The summed E-state index contributed by atoms with van der Waals surface area (Å²) in [4.78, 5) is 0.557. The minimum Gasteiger partial charge on any atom is -0.594 e. The minimum atomic E-state index is -0.291. The molecule has 0 bridgehead atoms. The van der Waals surface area contributed by atoms with Crippen LogP contribution in [0.1, 0.15) is 0 Å². The van der Waals surface area contributed by atoms with Gasteiger partial charge in [-0.05, 0) is 70.8 Å². The van der Waals surface area contributed by atoms with Crippen LogP contribution in [0, 0.1) is 16.8 Å². The molecule has 0 aliphatic carbocycles. The third-order valence-corrected chi connectivity index (χ3v) is 4.52. The Balaban J connectivity index is 1.52. The molecule has 142 valence electrons. The summed E-state index contributed by atoms with van der Waals surface area (Å²) in [5.41, 5.74) is 4.43. The van der Waals surface area contributed by atoms with Crippen molar-refractivity contribution >= 4 is 11.4 Å². The molecule has 0 atom stereocenters. The first-order valence-electron chi connectivity index (χ1n) is 8.99. The molecule has 3 nitrogen and oxygen atoms in total. The average molecular weight is 386 g/mol. The van der Waals surface area contributed by atoms with Crippen LogP contribution in [0.5, 0.6) is 0 Å². The summed E-state index contributed by atoms with van der Waals surface area (Å²) < 4.78 is 26.1. The molecule has 0 spiro atoms. The SMILES string of the molecule is [O-][N+](=Nc1ccc(-c2ccc(F)cc2)cc1)c1ccc(-c2ccc(F)cc2)cc1. The van der Waals surface area contributed by atoms with E-state index in [0.717, 1.165) is 22.3 Å². The van der Waals surface area contributed by atoms with Crippen LogP contribution >= 0.6 is 0 Å². The molecule has 5 heteroatoms. The highest BCUT2D eigenvalue weighted by Gasteiger charge is 2.06. The van der Waals surface area contributed by atoms with Gasteiger partial charge < -0.3 is 5.21 Å². The summed E-state index contributed by atoms with van der Waals surface area (Å²) in [6, 6.07) is 26.4. The maximum Gasteiger partial charge on any atom is 0.244 e. The molecule has 0 heterocycles. The molecule has 0 N–H and O–H groups in total. The first kappa shape index (κ1) is 18.5. The van der Waals surface area contributed by atoms with Gasteiger partial charge in [-0.15, -0.1) is 0 Å². The Morgan fingerprint density at radius 2 is 0.862 bits per heavy atom. The quantitative estimate of drug-likeness (QED) is 0.207. The Hall–Kier alpha value is -3.86. The minimum absolute atomic E-state index is 0.284. The van der Waals surface area contributed by atoms with Gasteiger partial charge in [-0.1, -0.05) is 41.3 Å². The van der Waals surface area contributed by atoms with E-state index in [1.807, 2.05) is 12.1 Å². The van der Waals surface area contributed by atoms with Gasteiger partial charge in [-0.3, -0.25) is 0 Å². The van der Waals surface area contributed by atoms with Crippen LogP contribution in [0.15, 0.2) is 102 Å². The van der Waals surface area contributed by atoms with E-state index in [2.05, 4.69) is 5.11 Å². The van der Waals surface area contributed by atoms with Crippen molar-refractivity contribution in [3.05, 3.63) is 114 Å². The van der Waals surface area contributed by atoms with E-state index in [0.29, 0.717) is 16.2 Å². The lowest BCUT2D eigenvalue weighted by Crippen LogP contribution is -1.90. The lowest BCUT2D eigenvalue weighted by Gasteiger charge is -2.04. The molecular weight excluding hydrogens is 370 g/mol. The van der Waals surface area contributed by atoms with Gasteiger partial charge >= 0.3 is 0 Å². The van der Waals surface area contributed by atoms with E-state index >= 15 is 0 Å². The van der Waals surface area contributed by atoms with E-state index in [4.69, 9.17) is 0 Å². The molecule has 0 aliphatic heterocycles. The summed E-state index contributed by atoms with van der Waals surface area (Å²) in [5, 5.41) is 16.4. The molecule has 0 saturated heterocycles. The Kier molecular flexibility index (Phi) is 5.12. The highest BCUT2D eigenvalue weighted by molar-refractivity contribution is 5.66. The van der Waals surface area contributed by atoms with Gasteiger partial charge in [0.15, 0.2) is 0 Å². The summed E-state index contributed by atoms with van der Waals surface area (Å²) in [7, 11) is 0. The monoisotopic (exact) mass is 386 g/mol. The Labute approximate surface area is 166 Å². The van der Waals surface area contributed by atoms with Crippen LogP contribution in [0.4, 0.5) is 20.2 Å². The molecule has 0 saturated carbocycles. The highest BCUT2D eigenvalue weighted by Crippen LogP contribution is 2.26. The first-order chi connectivity index (χ1) is 14.1. The predicted octanol–water partition coefficient (Wildman–Crippen LogP) is 7.22. The molecule has 0 aromatic heterocycles. The van der Waals surface area contributed by atoms with E-state index in [1.165, 1.54) is 24.3 Å². The second-order valence-corrected chi connectivity index (χ2v) is 6.48. The first-order valence-corrected chi connectivity index (χ1v) is 8.99. The molecular formula is C24H16F2N2O. The zero-order chi connectivity index (χ0) is 20.2. The number of nitrogens with zero attached hydrogens (tertiary/aromatic N) is 2. The second-order valence-electron chi connectivity index (χ2n) is 6.48. The van der Waals surface area contributed by atoms with Crippen molar-refractivity contribution in [2.75, 3.05) is 0 Å². The maximum atomic E-state index is 13.0. The van der Waals surface area contributed by atoms with Gasteiger partial charge in [0.05, 0.1) is 0 Å². The predicted molar refractivity (Wildman–Crippen MR) is 109 cm³/mol. The van der Waals surface area contributed by atoms with Crippen LogP contribution in [-0.2, 0) is 0 Å². The number of benzene rings is 4. The smallest absolute Gasteiger partial charge is 0.244 e. The van der Waals surface area contributed by atoms with Gasteiger partial charge in [-0.2, -0.15) is 0 Å². The van der Waals surface area contributed by atoms with Gasteiger partial charge in [0, 0.05) is 17.2 Å². The second kappa shape index (κ2) is 8.02. The summed E-state index contributed by atoms with van der Waals surface area (Å²) >= 11 is 0. The van der Waals surface area contributed by atoms with Crippen LogP contribution in [0.2, 0.25) is 0 Å². The fourth-order valence-electron chi connectivity index (χ4n) is 2.95. The van der Waals surface area contributed by atoms with E-state index in [-0.39, 0.29) is 11.6 Å². The van der Waals surface area contributed by atoms with Gasteiger partial charge in [0.1, 0.15) is 17.3 Å². The average Bonchev–Trinajstić information content (AvgIpc) is 2.76. The molecule has 0 amide bonds. The van der Waals surface area contributed by atoms with Gasteiger partial charge in [-0.25, -0.2) is 8.78 Å². The van der Waals surface area contributed by atoms with Gasteiger partial charge in [0.25, 0.3) is 0 Å². The standard InChI is InChI=1S/C24H16F2N2O/c25-21-9-1-17(2-10-21)19-5-13-23(14-6-19)27-28(29)24-15-7-20(8-16-24)18-3-11-22(26)12-4-18/h1-16H. The number of rotatable bonds is 4. The van der Waals surface area contributed by atoms with Crippen molar-refractivity contribution in [2.45, 2.75) is 0 Å². The van der Waals surface area contributed by atoms with Crippen molar-refractivity contribution in [3.63, 3.8) is 0 Å². The van der Waals surface area contributed by atoms with Crippen LogP contribution < -0.4 is 0 Å². The Morgan fingerprint density at radius 3 is 1.28 bits per heavy atom. The number of halogens is 2. The number of hydrogen-bond donors (Lipinski definition) is 0. The fraction of sp³-hybridized carbons (Fsp3) is 0. The molecule has 4 aromatic carbocycles. The topological polar surface area (TPSA) is 38.4 Å². The lowest BCUT2D eigenvalue weighted by atomic mass is 10.1. The molecule has 0 radical (unpaired) electrons. The molecule has 0 unspecified atom stereocenters. The highest BCUT2D eigenvalue weighted by atomic mass is 19.1. The molecule has 0 aliphatic rings. The van der Waals surface area contributed by atoms with Crippen LogP contribution in [-0.4, -0.2) is 4.86 Å². The van der Waals surface area contributed by atoms with Crippen molar-refractivity contribution in [1.82, 2.24) is 0 Å². The molecule has 4 aromatic rings. The summed E-state index contributed by atoms with van der Waals surface area (Å²) in [6.45, 7) is 0. The van der Waals surface area contributed by atoms with Gasteiger partial charge in [0.2, 0.25) is 5.69 Å². The summed E-state index contributed by atoms with van der Waals surface area (Å²) in [6.07, 6.45) is 0. The third-order valence-electron chi connectivity index (χ3n) is 4.52. The zero-order valence-corrected chi connectivity index (χ0v) is 15.3. The number of hydrogen-bond acceptors (Lipinski definition) is 2. The van der Waals surface area contributed by atoms with Crippen molar-refractivity contribution in [1.29, 1.82) is 0 Å². The third kappa shape index (κ3) is 4.35. The van der Waals surface area contributed by atoms with Crippen molar-refractivity contribution in [3.8, 4) is 22.3 Å². The van der Waals surface area contributed by atoms with E-state index < -0.39 is 0 Å². The zero-order valence-electron chi connectivity index (χ0n) is 15.3. The summed E-state index contributed by atoms with van der Waals surface area (Å²) in [5.74, 6) is -0.576. The molecule has 0 fully saturated rings. The molecule has 4 rings (SSSR count). The fourth-order valence-corrected chi connectivity index (χ4v) is 2.95.